The monoisotopic (exact) mass is 413 g/mol. The summed E-state index contributed by atoms with van der Waals surface area (Å²) < 4.78 is 59.2. The second kappa shape index (κ2) is 7.01. The van der Waals surface area contributed by atoms with Gasteiger partial charge in [0.2, 0.25) is 20.0 Å². The van der Waals surface area contributed by atoms with Crippen LogP contribution in [0.3, 0.4) is 0 Å². The first-order chi connectivity index (χ1) is 12.5. The summed E-state index contributed by atoms with van der Waals surface area (Å²) in [5.74, 6) is 0.234. The van der Waals surface area contributed by atoms with E-state index in [4.69, 9.17) is 4.52 Å². The number of hydrogen-bond donors (Lipinski definition) is 0. The Morgan fingerprint density at radius 3 is 1.93 bits per heavy atom. The maximum Gasteiger partial charge on any atom is 0.248 e. The van der Waals surface area contributed by atoms with Gasteiger partial charge in [0.25, 0.3) is 0 Å². The third kappa shape index (κ3) is 3.54. The van der Waals surface area contributed by atoms with Crippen LogP contribution >= 0.6 is 0 Å². The lowest BCUT2D eigenvalue weighted by Gasteiger charge is -2.33. The molecule has 0 saturated carbocycles. The molecule has 0 spiro atoms. The topological polar surface area (TPSA) is 101 Å². The van der Waals surface area contributed by atoms with Crippen molar-refractivity contribution in [2.45, 2.75) is 37.5 Å². The highest BCUT2D eigenvalue weighted by Crippen LogP contribution is 2.26. The molecule has 148 valence electrons. The van der Waals surface area contributed by atoms with Crippen molar-refractivity contribution >= 4 is 20.0 Å². The average Bonchev–Trinajstić information content (AvgIpc) is 2.94. The van der Waals surface area contributed by atoms with Crippen LogP contribution in [0.4, 0.5) is 0 Å². The number of hydrogen-bond acceptors (Lipinski definition) is 6. The molecule has 1 fully saturated rings. The molecular weight excluding hydrogens is 390 g/mol. The predicted molar refractivity (Wildman–Crippen MR) is 99.4 cm³/mol. The Labute approximate surface area is 159 Å². The lowest BCUT2D eigenvalue weighted by Crippen LogP contribution is -2.50. The molecule has 0 aliphatic carbocycles. The molecular formula is C17H23N3O5S2. The molecule has 1 aromatic carbocycles. The number of sulfonamides is 2. The van der Waals surface area contributed by atoms with E-state index in [2.05, 4.69) is 5.16 Å². The number of nitrogens with zero attached hydrogens (tertiary/aromatic N) is 3. The molecule has 10 heteroatoms. The summed E-state index contributed by atoms with van der Waals surface area (Å²) in [7, 11) is -7.44. The summed E-state index contributed by atoms with van der Waals surface area (Å²) in [4.78, 5) is 0.323. The second-order valence-electron chi connectivity index (χ2n) is 6.73. The molecule has 1 aromatic heterocycles. The maximum absolute atomic E-state index is 12.9. The average molecular weight is 414 g/mol. The van der Waals surface area contributed by atoms with E-state index in [9.17, 15) is 16.8 Å². The van der Waals surface area contributed by atoms with Crippen LogP contribution in [0.15, 0.2) is 32.5 Å². The van der Waals surface area contributed by atoms with Crippen LogP contribution in [0.1, 0.15) is 22.6 Å². The van der Waals surface area contributed by atoms with E-state index in [1.54, 1.807) is 32.9 Å². The fourth-order valence-corrected chi connectivity index (χ4v) is 6.69. The molecule has 1 aliphatic rings. The van der Waals surface area contributed by atoms with Gasteiger partial charge in [0.05, 0.1) is 4.90 Å². The summed E-state index contributed by atoms with van der Waals surface area (Å²) in [6.07, 6.45) is 0. The molecule has 2 aromatic rings. The number of aryl methyl sites for hydroxylation is 4. The van der Waals surface area contributed by atoms with Crippen LogP contribution in [0.2, 0.25) is 0 Å². The van der Waals surface area contributed by atoms with Gasteiger partial charge in [-0.15, -0.1) is 0 Å². The van der Waals surface area contributed by atoms with Crippen molar-refractivity contribution in [3.63, 3.8) is 0 Å². The lowest BCUT2D eigenvalue weighted by atomic mass is 10.2. The van der Waals surface area contributed by atoms with Crippen molar-refractivity contribution in [2.24, 2.45) is 0 Å². The minimum Gasteiger partial charge on any atom is -0.360 e. The van der Waals surface area contributed by atoms with Gasteiger partial charge in [-0.3, -0.25) is 0 Å². The van der Waals surface area contributed by atoms with E-state index in [-0.39, 0.29) is 41.7 Å². The van der Waals surface area contributed by atoms with Gasteiger partial charge in [0, 0.05) is 26.2 Å². The van der Waals surface area contributed by atoms with Gasteiger partial charge in [-0.1, -0.05) is 22.9 Å². The van der Waals surface area contributed by atoms with Crippen LogP contribution in [-0.4, -0.2) is 56.8 Å². The van der Waals surface area contributed by atoms with Crippen molar-refractivity contribution in [2.75, 3.05) is 26.2 Å². The minimum atomic E-state index is -3.77. The van der Waals surface area contributed by atoms with Crippen LogP contribution < -0.4 is 0 Å². The highest BCUT2D eigenvalue weighted by atomic mass is 32.2. The van der Waals surface area contributed by atoms with Gasteiger partial charge in [0.15, 0.2) is 5.76 Å². The fourth-order valence-electron chi connectivity index (χ4n) is 3.35. The van der Waals surface area contributed by atoms with Gasteiger partial charge in [-0.25, -0.2) is 16.8 Å². The Bertz CT molecular complexity index is 1050. The lowest BCUT2D eigenvalue weighted by molar-refractivity contribution is 0.272. The van der Waals surface area contributed by atoms with Gasteiger partial charge >= 0.3 is 0 Å². The Kier molecular flexibility index (Phi) is 5.19. The number of benzene rings is 1. The van der Waals surface area contributed by atoms with E-state index in [1.165, 1.54) is 8.61 Å². The Morgan fingerprint density at radius 2 is 1.44 bits per heavy atom. The molecule has 27 heavy (non-hydrogen) atoms. The van der Waals surface area contributed by atoms with Crippen molar-refractivity contribution in [1.29, 1.82) is 0 Å². The highest BCUT2D eigenvalue weighted by molar-refractivity contribution is 7.89. The van der Waals surface area contributed by atoms with Gasteiger partial charge in [-0.05, 0) is 39.3 Å². The van der Waals surface area contributed by atoms with Crippen LogP contribution in [-0.2, 0) is 20.0 Å². The normalized spacial score (nSPS) is 17.3. The predicted octanol–water partition coefficient (Wildman–Crippen LogP) is 1.60. The second-order valence-corrected chi connectivity index (χ2v) is 10.5. The highest BCUT2D eigenvalue weighted by Gasteiger charge is 2.36. The van der Waals surface area contributed by atoms with Crippen LogP contribution in [0.5, 0.6) is 0 Å². The molecule has 1 aliphatic heterocycles. The molecule has 0 bridgehead atoms. The summed E-state index contributed by atoms with van der Waals surface area (Å²) in [6.45, 7) is 7.14. The number of piperazine rings is 1. The molecule has 0 N–H and O–H groups in total. The molecule has 1 saturated heterocycles. The summed E-state index contributed by atoms with van der Waals surface area (Å²) >= 11 is 0. The Hall–Kier alpha value is -1.75. The molecule has 2 heterocycles. The molecule has 0 unspecified atom stereocenters. The third-order valence-corrected chi connectivity index (χ3v) is 8.91. The first-order valence-corrected chi connectivity index (χ1v) is 11.4. The fraction of sp³-hybridized carbons (Fsp3) is 0.471. The zero-order valence-electron chi connectivity index (χ0n) is 15.8. The van der Waals surface area contributed by atoms with E-state index in [0.29, 0.717) is 11.3 Å². The first-order valence-electron chi connectivity index (χ1n) is 8.55. The summed E-state index contributed by atoms with van der Waals surface area (Å²) in [6, 6.07) is 5.19. The molecule has 0 atom stereocenters. The SMILES string of the molecule is Cc1ccc(S(=O)(=O)N2CCN(S(=O)(=O)c3c(C)noc3C)CC2)c(C)c1. The quantitative estimate of drug-likeness (QED) is 0.755. The summed E-state index contributed by atoms with van der Waals surface area (Å²) in [5.41, 5.74) is 1.97. The van der Waals surface area contributed by atoms with E-state index < -0.39 is 20.0 Å². The third-order valence-electron chi connectivity index (χ3n) is 4.71. The zero-order chi connectivity index (χ0) is 20.0. The van der Waals surface area contributed by atoms with Crippen molar-refractivity contribution in [3.05, 3.63) is 40.8 Å². The first kappa shape index (κ1) is 20.0. The number of aromatic nitrogens is 1. The Balaban J connectivity index is 1.81. The van der Waals surface area contributed by atoms with E-state index in [0.717, 1.165) is 5.56 Å². The molecule has 0 amide bonds. The van der Waals surface area contributed by atoms with E-state index >= 15 is 0 Å². The largest absolute Gasteiger partial charge is 0.360 e. The van der Waals surface area contributed by atoms with Crippen LogP contribution in [0.25, 0.3) is 0 Å². The zero-order valence-corrected chi connectivity index (χ0v) is 17.4. The van der Waals surface area contributed by atoms with E-state index in [1.807, 2.05) is 13.0 Å². The smallest absolute Gasteiger partial charge is 0.248 e. The molecule has 0 radical (unpaired) electrons. The molecule has 3 rings (SSSR count). The van der Waals surface area contributed by atoms with Gasteiger partial charge < -0.3 is 4.52 Å². The van der Waals surface area contributed by atoms with Gasteiger partial charge in [-0.2, -0.15) is 8.61 Å². The van der Waals surface area contributed by atoms with Crippen molar-refractivity contribution in [3.8, 4) is 0 Å². The van der Waals surface area contributed by atoms with Crippen molar-refractivity contribution < 1.29 is 21.4 Å². The number of rotatable bonds is 4. The standard InChI is InChI=1S/C17H23N3O5S2/c1-12-5-6-16(13(2)11-12)26(21,22)19-7-9-20(10-8-19)27(23,24)17-14(3)18-25-15(17)4/h5-6,11H,7-10H2,1-4H3. The molecule has 8 nitrogen and oxygen atoms in total. The Morgan fingerprint density at radius 1 is 0.889 bits per heavy atom. The minimum absolute atomic E-state index is 0.0631. The van der Waals surface area contributed by atoms with Crippen molar-refractivity contribution in [1.82, 2.24) is 13.8 Å². The van der Waals surface area contributed by atoms with Gasteiger partial charge in [0.1, 0.15) is 10.6 Å². The summed E-state index contributed by atoms with van der Waals surface area (Å²) in [5, 5.41) is 3.70. The van der Waals surface area contributed by atoms with Crippen LogP contribution in [0, 0.1) is 27.7 Å². The maximum atomic E-state index is 12.9.